The Kier molecular flexibility index (Phi) is 11.5. The van der Waals surface area contributed by atoms with Crippen molar-refractivity contribution in [1.82, 2.24) is 10.2 Å². The first-order valence-electron chi connectivity index (χ1n) is 15.2. The number of alkyl halides is 3. The predicted molar refractivity (Wildman–Crippen MR) is 176 cm³/mol. The Bertz CT molecular complexity index is 1770. The molecule has 4 rings (SSSR count). The normalized spacial score (nSPS) is 13.0. The van der Waals surface area contributed by atoms with Crippen molar-refractivity contribution in [3.05, 3.63) is 131 Å². The van der Waals surface area contributed by atoms with Crippen LogP contribution in [0.25, 0.3) is 0 Å². The molecule has 0 aliphatic heterocycles. The van der Waals surface area contributed by atoms with Crippen LogP contribution in [0.1, 0.15) is 42.5 Å². The van der Waals surface area contributed by atoms with Crippen molar-refractivity contribution in [3.8, 4) is 0 Å². The van der Waals surface area contributed by atoms with E-state index in [0.29, 0.717) is 22.4 Å². The van der Waals surface area contributed by atoms with Gasteiger partial charge in [0.1, 0.15) is 12.6 Å². The Labute approximate surface area is 274 Å². The first-order chi connectivity index (χ1) is 22.3. The van der Waals surface area contributed by atoms with Gasteiger partial charge in [0.05, 0.1) is 16.1 Å². The lowest BCUT2D eigenvalue weighted by Gasteiger charge is -2.34. The minimum atomic E-state index is -4.76. The molecule has 0 bridgehead atoms. The molecule has 0 heterocycles. The summed E-state index contributed by atoms with van der Waals surface area (Å²) in [7, 11) is -4.53. The topological polar surface area (TPSA) is 86.8 Å². The van der Waals surface area contributed by atoms with E-state index in [1.54, 1.807) is 12.1 Å². The number of carbonyl (C=O) groups is 2. The Hall–Kier alpha value is -4.64. The molecular formula is C36H38F3N3O4S. The molecule has 2 atom stereocenters. The van der Waals surface area contributed by atoms with E-state index in [2.05, 4.69) is 5.32 Å². The van der Waals surface area contributed by atoms with Gasteiger partial charge in [0.2, 0.25) is 11.8 Å². The maximum Gasteiger partial charge on any atom is 0.416 e. The fourth-order valence-electron chi connectivity index (χ4n) is 5.09. The minimum Gasteiger partial charge on any atom is -0.352 e. The number of carbonyl (C=O) groups excluding carboxylic acids is 2. The van der Waals surface area contributed by atoms with Gasteiger partial charge in [0.25, 0.3) is 10.0 Å². The highest BCUT2D eigenvalue weighted by molar-refractivity contribution is 7.92. The molecule has 248 valence electrons. The lowest BCUT2D eigenvalue weighted by Crippen LogP contribution is -2.54. The standard InChI is InChI=1S/C36H38F3N3O4S/c1-4-27(3)40-35(44)33(22-28-14-7-5-8-15-28)41(24-29-16-11-13-26(2)21-29)34(43)25-42(47(45,46)32-19-9-6-10-20-32)31-18-12-17-30(23-31)36(37,38)39/h5-21,23,27,33H,4,22,24-25H2,1-3H3,(H,40,44)/t27-,33+/m0/s1. The van der Waals surface area contributed by atoms with Gasteiger partial charge in [0, 0.05) is 19.0 Å². The largest absolute Gasteiger partial charge is 0.416 e. The van der Waals surface area contributed by atoms with Crippen LogP contribution < -0.4 is 9.62 Å². The lowest BCUT2D eigenvalue weighted by atomic mass is 10.0. The second-order valence-corrected chi connectivity index (χ2v) is 13.3. The number of sulfonamides is 1. The minimum absolute atomic E-state index is 0.0479. The zero-order valence-corrected chi connectivity index (χ0v) is 27.3. The van der Waals surface area contributed by atoms with Crippen molar-refractivity contribution in [2.45, 2.75) is 63.3 Å². The van der Waals surface area contributed by atoms with Crippen LogP contribution in [0.15, 0.2) is 114 Å². The Balaban J connectivity index is 1.84. The highest BCUT2D eigenvalue weighted by Gasteiger charge is 2.36. The highest BCUT2D eigenvalue weighted by Crippen LogP contribution is 2.33. The van der Waals surface area contributed by atoms with Gasteiger partial charge in [0.15, 0.2) is 0 Å². The van der Waals surface area contributed by atoms with Crippen LogP contribution in [0.2, 0.25) is 0 Å². The highest BCUT2D eigenvalue weighted by atomic mass is 32.2. The summed E-state index contributed by atoms with van der Waals surface area (Å²) in [6.45, 7) is 4.73. The quantitative estimate of drug-likeness (QED) is 0.171. The van der Waals surface area contributed by atoms with Crippen LogP contribution in [-0.2, 0) is 38.8 Å². The molecule has 0 saturated carbocycles. The summed E-state index contributed by atoms with van der Waals surface area (Å²) in [4.78, 5) is 29.5. The van der Waals surface area contributed by atoms with E-state index in [1.165, 1.54) is 35.2 Å². The molecule has 2 amide bonds. The molecule has 1 N–H and O–H groups in total. The summed E-state index contributed by atoms with van der Waals surface area (Å²) < 4.78 is 70.0. The average molecular weight is 666 g/mol. The number of amides is 2. The number of hydrogen-bond acceptors (Lipinski definition) is 4. The zero-order valence-electron chi connectivity index (χ0n) is 26.4. The third kappa shape index (κ3) is 9.22. The van der Waals surface area contributed by atoms with E-state index in [-0.39, 0.29) is 29.6 Å². The maximum atomic E-state index is 14.5. The molecule has 0 fully saturated rings. The Morgan fingerprint density at radius 2 is 1.45 bits per heavy atom. The van der Waals surface area contributed by atoms with Crippen molar-refractivity contribution in [2.24, 2.45) is 0 Å². The molecular weight excluding hydrogens is 627 g/mol. The van der Waals surface area contributed by atoms with E-state index >= 15 is 0 Å². The fourth-order valence-corrected chi connectivity index (χ4v) is 6.52. The first-order valence-corrected chi connectivity index (χ1v) is 16.7. The van der Waals surface area contributed by atoms with Crippen LogP contribution in [0, 0.1) is 6.92 Å². The molecule has 0 unspecified atom stereocenters. The summed E-state index contributed by atoms with van der Waals surface area (Å²) in [5.74, 6) is -1.19. The third-order valence-corrected chi connectivity index (χ3v) is 9.57. The molecule has 0 saturated heterocycles. The number of aryl methyl sites for hydroxylation is 1. The zero-order chi connectivity index (χ0) is 34.2. The smallest absolute Gasteiger partial charge is 0.352 e. The predicted octanol–water partition coefficient (Wildman–Crippen LogP) is 6.76. The molecule has 0 aliphatic rings. The molecule has 4 aromatic rings. The number of benzene rings is 4. The number of anilines is 1. The molecule has 11 heteroatoms. The van der Waals surface area contributed by atoms with Gasteiger partial charge >= 0.3 is 6.18 Å². The second-order valence-electron chi connectivity index (χ2n) is 11.4. The summed E-state index contributed by atoms with van der Waals surface area (Å²) >= 11 is 0. The SMILES string of the molecule is CC[C@H](C)NC(=O)[C@@H](Cc1ccccc1)N(Cc1cccc(C)c1)C(=O)CN(c1cccc(C(F)(F)F)c1)S(=O)(=O)c1ccccc1. The molecule has 7 nitrogen and oxygen atoms in total. The summed E-state index contributed by atoms with van der Waals surface area (Å²) in [6.07, 6.45) is -4.00. The van der Waals surface area contributed by atoms with E-state index in [9.17, 15) is 31.2 Å². The van der Waals surface area contributed by atoms with Gasteiger partial charge in [-0.25, -0.2) is 8.42 Å². The third-order valence-electron chi connectivity index (χ3n) is 7.78. The monoisotopic (exact) mass is 665 g/mol. The van der Waals surface area contributed by atoms with Crippen LogP contribution in [0.3, 0.4) is 0 Å². The van der Waals surface area contributed by atoms with E-state index in [0.717, 1.165) is 23.3 Å². The Morgan fingerprint density at radius 3 is 2.06 bits per heavy atom. The summed E-state index contributed by atoms with van der Waals surface area (Å²) in [5.41, 5.74) is 0.976. The molecule has 0 spiro atoms. The summed E-state index contributed by atoms with van der Waals surface area (Å²) in [6, 6.07) is 26.2. The van der Waals surface area contributed by atoms with E-state index in [1.807, 2.05) is 69.3 Å². The van der Waals surface area contributed by atoms with Crippen molar-refractivity contribution in [3.63, 3.8) is 0 Å². The van der Waals surface area contributed by atoms with E-state index in [4.69, 9.17) is 0 Å². The number of halogens is 3. The molecule has 47 heavy (non-hydrogen) atoms. The number of nitrogens with zero attached hydrogens (tertiary/aromatic N) is 2. The van der Waals surface area contributed by atoms with Gasteiger partial charge in [-0.15, -0.1) is 0 Å². The lowest BCUT2D eigenvalue weighted by molar-refractivity contribution is -0.140. The van der Waals surface area contributed by atoms with Gasteiger partial charge in [-0.05, 0) is 61.7 Å². The van der Waals surface area contributed by atoms with Gasteiger partial charge in [-0.2, -0.15) is 13.2 Å². The Morgan fingerprint density at radius 1 is 0.830 bits per heavy atom. The van der Waals surface area contributed by atoms with E-state index < -0.39 is 46.2 Å². The van der Waals surface area contributed by atoms with Crippen LogP contribution >= 0.6 is 0 Å². The fraction of sp³-hybridized carbons (Fsp3) is 0.278. The average Bonchev–Trinajstić information content (AvgIpc) is 3.05. The van der Waals surface area contributed by atoms with Gasteiger partial charge in [-0.3, -0.25) is 13.9 Å². The summed E-state index contributed by atoms with van der Waals surface area (Å²) in [5, 5.41) is 2.96. The number of rotatable bonds is 13. The van der Waals surface area contributed by atoms with Gasteiger partial charge < -0.3 is 10.2 Å². The number of hydrogen-bond donors (Lipinski definition) is 1. The molecule has 0 aliphatic carbocycles. The number of nitrogens with one attached hydrogen (secondary N) is 1. The molecule has 4 aromatic carbocycles. The van der Waals surface area contributed by atoms with Crippen molar-refractivity contribution < 1.29 is 31.2 Å². The first kappa shape index (κ1) is 35.2. The molecule has 0 aromatic heterocycles. The van der Waals surface area contributed by atoms with Crippen LogP contribution in [0.4, 0.5) is 18.9 Å². The second kappa shape index (κ2) is 15.3. The molecule has 0 radical (unpaired) electrons. The van der Waals surface area contributed by atoms with Gasteiger partial charge in [-0.1, -0.05) is 91.3 Å². The van der Waals surface area contributed by atoms with Crippen molar-refractivity contribution in [2.75, 3.05) is 10.8 Å². The van der Waals surface area contributed by atoms with Crippen molar-refractivity contribution >= 4 is 27.5 Å². The maximum absolute atomic E-state index is 14.5. The van der Waals surface area contributed by atoms with Crippen molar-refractivity contribution in [1.29, 1.82) is 0 Å². The van der Waals surface area contributed by atoms with Crippen LogP contribution in [-0.4, -0.2) is 43.8 Å². The van der Waals surface area contributed by atoms with Crippen LogP contribution in [0.5, 0.6) is 0 Å².